The van der Waals surface area contributed by atoms with E-state index in [1.165, 1.54) is 6.92 Å². The second kappa shape index (κ2) is 8.55. The van der Waals surface area contributed by atoms with Crippen LogP contribution in [0.4, 0.5) is 9.59 Å². The van der Waals surface area contributed by atoms with E-state index in [9.17, 15) is 14.7 Å². The van der Waals surface area contributed by atoms with Crippen molar-refractivity contribution in [2.75, 3.05) is 13.1 Å². The van der Waals surface area contributed by atoms with E-state index in [-0.39, 0.29) is 19.7 Å². The number of rotatable bonds is 5. The summed E-state index contributed by atoms with van der Waals surface area (Å²) in [4.78, 5) is 24.4. The van der Waals surface area contributed by atoms with E-state index < -0.39 is 18.2 Å². The Bertz CT molecular complexity index is 511. The van der Waals surface area contributed by atoms with Crippen molar-refractivity contribution in [1.82, 2.24) is 10.2 Å². The molecule has 0 bridgehead atoms. The SMILES string of the molecule is CC(O)CN(C(=O)NCC#N)C(=O)OCc1ccccc1. The van der Waals surface area contributed by atoms with Gasteiger partial charge in [0, 0.05) is 0 Å². The van der Waals surface area contributed by atoms with Crippen molar-refractivity contribution in [3.8, 4) is 6.07 Å². The Labute approximate surface area is 122 Å². The molecule has 1 unspecified atom stereocenters. The standard InChI is InChI=1S/C14H17N3O4/c1-11(18)9-17(13(19)16-8-7-15)14(20)21-10-12-5-3-2-4-6-12/h2-6,11,18H,8-10H2,1H3,(H,16,19). The maximum absolute atomic E-state index is 11.9. The molecule has 0 aromatic heterocycles. The van der Waals surface area contributed by atoms with Gasteiger partial charge in [-0.25, -0.2) is 14.5 Å². The summed E-state index contributed by atoms with van der Waals surface area (Å²) in [6.45, 7) is 1.00. The quantitative estimate of drug-likeness (QED) is 0.794. The third-order valence-electron chi connectivity index (χ3n) is 2.44. The highest BCUT2D eigenvalue weighted by Crippen LogP contribution is 2.04. The van der Waals surface area contributed by atoms with Crippen LogP contribution in [-0.4, -0.2) is 41.3 Å². The molecule has 0 aliphatic carbocycles. The van der Waals surface area contributed by atoms with Gasteiger partial charge in [-0.05, 0) is 12.5 Å². The average Bonchev–Trinajstić information content (AvgIpc) is 2.48. The highest BCUT2D eigenvalue weighted by molar-refractivity contribution is 5.91. The molecular weight excluding hydrogens is 274 g/mol. The minimum Gasteiger partial charge on any atom is -0.444 e. The van der Waals surface area contributed by atoms with E-state index in [1.807, 2.05) is 6.07 Å². The van der Waals surface area contributed by atoms with E-state index >= 15 is 0 Å². The molecule has 0 fully saturated rings. The lowest BCUT2D eigenvalue weighted by atomic mass is 10.2. The summed E-state index contributed by atoms with van der Waals surface area (Å²) in [5, 5.41) is 20.0. The van der Waals surface area contributed by atoms with Gasteiger partial charge in [0.1, 0.15) is 13.2 Å². The number of amides is 3. The van der Waals surface area contributed by atoms with Crippen molar-refractivity contribution in [3.05, 3.63) is 35.9 Å². The molecule has 0 spiro atoms. The summed E-state index contributed by atoms with van der Waals surface area (Å²) in [7, 11) is 0. The third kappa shape index (κ3) is 5.93. The lowest BCUT2D eigenvalue weighted by molar-refractivity contribution is 0.0841. The van der Waals surface area contributed by atoms with Crippen LogP contribution in [-0.2, 0) is 11.3 Å². The summed E-state index contributed by atoms with van der Waals surface area (Å²) in [6, 6.07) is 9.95. The molecule has 2 N–H and O–H groups in total. The Morgan fingerprint density at radius 3 is 2.67 bits per heavy atom. The Hall–Kier alpha value is -2.59. The number of urea groups is 1. The van der Waals surface area contributed by atoms with Crippen molar-refractivity contribution < 1.29 is 19.4 Å². The molecule has 21 heavy (non-hydrogen) atoms. The highest BCUT2D eigenvalue weighted by Gasteiger charge is 2.24. The molecule has 1 atom stereocenters. The zero-order chi connectivity index (χ0) is 15.7. The van der Waals surface area contributed by atoms with Crippen molar-refractivity contribution in [1.29, 1.82) is 5.26 Å². The van der Waals surface area contributed by atoms with Crippen LogP contribution in [0.25, 0.3) is 0 Å². The number of nitriles is 1. The largest absolute Gasteiger partial charge is 0.444 e. The van der Waals surface area contributed by atoms with Crippen LogP contribution in [0.2, 0.25) is 0 Å². The molecule has 7 nitrogen and oxygen atoms in total. The Morgan fingerprint density at radius 1 is 1.43 bits per heavy atom. The van der Waals surface area contributed by atoms with Crippen LogP contribution in [0, 0.1) is 11.3 Å². The minimum absolute atomic E-state index is 0.0154. The van der Waals surface area contributed by atoms with E-state index in [0.717, 1.165) is 10.5 Å². The first kappa shape index (κ1) is 16.5. The summed E-state index contributed by atoms with van der Waals surface area (Å²) in [5.41, 5.74) is 0.778. The van der Waals surface area contributed by atoms with Gasteiger partial charge >= 0.3 is 12.1 Å². The smallest absolute Gasteiger partial charge is 0.418 e. The molecule has 0 aliphatic rings. The van der Waals surface area contributed by atoms with Gasteiger partial charge in [-0.2, -0.15) is 5.26 Å². The highest BCUT2D eigenvalue weighted by atomic mass is 16.6. The van der Waals surface area contributed by atoms with Crippen molar-refractivity contribution in [2.45, 2.75) is 19.6 Å². The molecule has 1 aromatic rings. The normalized spacial score (nSPS) is 11.1. The van der Waals surface area contributed by atoms with Gasteiger partial charge in [-0.1, -0.05) is 30.3 Å². The zero-order valence-corrected chi connectivity index (χ0v) is 11.7. The van der Waals surface area contributed by atoms with Gasteiger partial charge < -0.3 is 15.2 Å². The fourth-order valence-corrected chi connectivity index (χ4v) is 1.51. The maximum Gasteiger partial charge on any atom is 0.418 e. The second-order valence-electron chi connectivity index (χ2n) is 4.32. The minimum atomic E-state index is -0.901. The molecule has 7 heteroatoms. The van der Waals surface area contributed by atoms with Crippen molar-refractivity contribution >= 4 is 12.1 Å². The first-order chi connectivity index (χ1) is 10.0. The number of imide groups is 1. The van der Waals surface area contributed by atoms with Gasteiger partial charge in [0.2, 0.25) is 0 Å². The molecule has 3 amide bonds. The number of nitrogens with one attached hydrogen (secondary N) is 1. The number of ether oxygens (including phenoxy) is 1. The molecule has 1 rings (SSSR count). The fourth-order valence-electron chi connectivity index (χ4n) is 1.51. The zero-order valence-electron chi connectivity index (χ0n) is 11.7. The monoisotopic (exact) mass is 291 g/mol. The predicted molar refractivity (Wildman–Crippen MR) is 74.0 cm³/mol. The molecule has 1 aromatic carbocycles. The molecule has 0 saturated heterocycles. The number of nitrogens with zero attached hydrogens (tertiary/aromatic N) is 2. The summed E-state index contributed by atoms with van der Waals surface area (Å²) < 4.78 is 5.02. The van der Waals surface area contributed by atoms with E-state index in [4.69, 9.17) is 10.00 Å². The number of aliphatic hydroxyl groups excluding tert-OH is 1. The van der Waals surface area contributed by atoms with E-state index in [2.05, 4.69) is 5.32 Å². The van der Waals surface area contributed by atoms with Gasteiger partial charge in [0.25, 0.3) is 0 Å². The molecule has 112 valence electrons. The number of carbonyl (C=O) groups excluding carboxylic acids is 2. The Morgan fingerprint density at radius 2 is 2.10 bits per heavy atom. The summed E-state index contributed by atoms with van der Waals surface area (Å²) in [5.74, 6) is 0. The fraction of sp³-hybridized carbons (Fsp3) is 0.357. The first-order valence-electron chi connectivity index (χ1n) is 6.35. The average molecular weight is 291 g/mol. The Balaban J connectivity index is 2.62. The van der Waals surface area contributed by atoms with Gasteiger partial charge in [-0.15, -0.1) is 0 Å². The second-order valence-corrected chi connectivity index (χ2v) is 4.32. The van der Waals surface area contributed by atoms with Crippen molar-refractivity contribution in [2.24, 2.45) is 0 Å². The van der Waals surface area contributed by atoms with Crippen LogP contribution in [0.1, 0.15) is 12.5 Å². The van der Waals surface area contributed by atoms with Crippen LogP contribution in [0.5, 0.6) is 0 Å². The molecule has 0 saturated carbocycles. The molecule has 0 radical (unpaired) electrons. The number of hydrogen-bond acceptors (Lipinski definition) is 5. The van der Waals surface area contributed by atoms with Crippen LogP contribution in [0.15, 0.2) is 30.3 Å². The van der Waals surface area contributed by atoms with Gasteiger partial charge in [0.15, 0.2) is 0 Å². The lowest BCUT2D eigenvalue weighted by Gasteiger charge is -2.21. The van der Waals surface area contributed by atoms with Gasteiger partial charge in [0.05, 0.1) is 18.7 Å². The van der Waals surface area contributed by atoms with Crippen molar-refractivity contribution in [3.63, 3.8) is 0 Å². The van der Waals surface area contributed by atoms with Crippen LogP contribution >= 0.6 is 0 Å². The number of benzene rings is 1. The van der Waals surface area contributed by atoms with Crippen LogP contribution < -0.4 is 5.32 Å². The summed E-state index contributed by atoms with van der Waals surface area (Å²) >= 11 is 0. The van der Waals surface area contributed by atoms with Gasteiger partial charge in [-0.3, -0.25) is 0 Å². The molecule has 0 aliphatic heterocycles. The number of hydrogen-bond donors (Lipinski definition) is 2. The number of carbonyl (C=O) groups is 2. The third-order valence-corrected chi connectivity index (χ3v) is 2.44. The topological polar surface area (TPSA) is 103 Å². The van der Waals surface area contributed by atoms with E-state index in [0.29, 0.717) is 0 Å². The number of aliphatic hydroxyl groups is 1. The maximum atomic E-state index is 11.9. The Kier molecular flexibility index (Phi) is 6.71. The molecular formula is C14H17N3O4. The predicted octanol–water partition coefficient (Wildman–Crippen LogP) is 1.24. The lowest BCUT2D eigenvalue weighted by Crippen LogP contribution is -2.47. The first-order valence-corrected chi connectivity index (χ1v) is 6.35. The summed E-state index contributed by atoms with van der Waals surface area (Å²) in [6.07, 6.45) is -1.78. The van der Waals surface area contributed by atoms with E-state index in [1.54, 1.807) is 30.3 Å². The van der Waals surface area contributed by atoms with Crippen LogP contribution in [0.3, 0.4) is 0 Å². The molecule has 0 heterocycles.